The van der Waals surface area contributed by atoms with Crippen LogP contribution in [0.4, 0.5) is 0 Å². The third kappa shape index (κ3) is 3.89. The third-order valence-electron chi connectivity index (χ3n) is 5.67. The average molecular weight is 415 g/mol. The molecule has 0 saturated carbocycles. The Morgan fingerprint density at radius 1 is 0.567 bits per heavy atom. The van der Waals surface area contributed by atoms with E-state index in [1.807, 2.05) is 0 Å². The van der Waals surface area contributed by atoms with Crippen molar-refractivity contribution in [2.24, 2.45) is 0 Å². The SMILES string of the molecule is CC(C)(C)c1cc(-c2ccc(-c3ccc4cccc-4cc3)s2)cc(C(C)(C)C)c1O. The van der Waals surface area contributed by atoms with E-state index in [1.165, 1.54) is 32.0 Å². The highest BCUT2D eigenvalue weighted by atomic mass is 32.1. The molecule has 30 heavy (non-hydrogen) atoms. The molecule has 154 valence electrons. The van der Waals surface area contributed by atoms with E-state index in [2.05, 4.69) is 108 Å². The zero-order valence-corrected chi connectivity index (χ0v) is 19.5. The minimum atomic E-state index is -0.127. The van der Waals surface area contributed by atoms with Gasteiger partial charge in [-0.25, -0.2) is 0 Å². The zero-order valence-electron chi connectivity index (χ0n) is 18.7. The number of phenolic OH excluding ortho intramolecular Hbond substituents is 1. The first-order valence-corrected chi connectivity index (χ1v) is 11.3. The molecule has 4 rings (SSSR count). The van der Waals surface area contributed by atoms with Crippen LogP contribution >= 0.6 is 11.3 Å². The first-order valence-electron chi connectivity index (χ1n) is 10.5. The second-order valence-electron chi connectivity index (χ2n) is 10.1. The Kier molecular flexibility index (Phi) is 5.02. The van der Waals surface area contributed by atoms with Gasteiger partial charge in [-0.05, 0) is 57.3 Å². The molecule has 1 aromatic heterocycles. The van der Waals surface area contributed by atoms with Gasteiger partial charge in [0, 0.05) is 20.9 Å². The summed E-state index contributed by atoms with van der Waals surface area (Å²) >= 11 is 1.81. The van der Waals surface area contributed by atoms with E-state index in [1.54, 1.807) is 11.3 Å². The largest absolute Gasteiger partial charge is 0.507 e. The molecule has 1 N–H and O–H groups in total. The van der Waals surface area contributed by atoms with E-state index in [-0.39, 0.29) is 10.8 Å². The average Bonchev–Trinajstić information content (AvgIpc) is 3.26. The highest BCUT2D eigenvalue weighted by Gasteiger charge is 2.27. The van der Waals surface area contributed by atoms with Gasteiger partial charge in [0.05, 0.1) is 0 Å². The van der Waals surface area contributed by atoms with Crippen LogP contribution in [-0.4, -0.2) is 5.11 Å². The van der Waals surface area contributed by atoms with E-state index in [0.717, 1.165) is 11.1 Å². The van der Waals surface area contributed by atoms with Crippen LogP contribution in [-0.2, 0) is 10.8 Å². The fourth-order valence-corrected chi connectivity index (χ4v) is 4.90. The van der Waals surface area contributed by atoms with Gasteiger partial charge < -0.3 is 5.11 Å². The predicted octanol–water partition coefficient (Wildman–Crippen LogP) is 8.49. The molecular weight excluding hydrogens is 384 g/mol. The Bertz CT molecular complexity index is 1100. The highest BCUT2D eigenvalue weighted by Crippen LogP contribution is 2.44. The van der Waals surface area contributed by atoms with Gasteiger partial charge in [0.25, 0.3) is 0 Å². The molecule has 1 aromatic carbocycles. The Morgan fingerprint density at radius 2 is 1.00 bits per heavy atom. The number of aromatic hydroxyl groups is 1. The second-order valence-corrected chi connectivity index (χ2v) is 11.2. The van der Waals surface area contributed by atoms with Gasteiger partial charge in [-0.1, -0.05) is 84.0 Å². The van der Waals surface area contributed by atoms with Gasteiger partial charge in [-0.3, -0.25) is 0 Å². The minimum absolute atomic E-state index is 0.127. The molecule has 0 fully saturated rings. The molecule has 1 nitrogen and oxygen atoms in total. The van der Waals surface area contributed by atoms with E-state index in [4.69, 9.17) is 0 Å². The number of hydrogen-bond donors (Lipinski definition) is 1. The van der Waals surface area contributed by atoms with Crippen LogP contribution in [0.1, 0.15) is 52.7 Å². The molecule has 0 amide bonds. The monoisotopic (exact) mass is 414 g/mol. The summed E-state index contributed by atoms with van der Waals surface area (Å²) in [6, 6.07) is 23.9. The number of benzene rings is 1. The Morgan fingerprint density at radius 3 is 1.47 bits per heavy atom. The molecule has 0 aliphatic heterocycles. The van der Waals surface area contributed by atoms with E-state index in [0.29, 0.717) is 5.75 Å². The summed E-state index contributed by atoms with van der Waals surface area (Å²) in [6.07, 6.45) is 0. The van der Waals surface area contributed by atoms with Crippen molar-refractivity contribution in [3.8, 4) is 37.8 Å². The van der Waals surface area contributed by atoms with Gasteiger partial charge in [0.1, 0.15) is 5.75 Å². The lowest BCUT2D eigenvalue weighted by Gasteiger charge is -2.28. The van der Waals surface area contributed by atoms with Crippen molar-refractivity contribution >= 4 is 11.3 Å². The van der Waals surface area contributed by atoms with Gasteiger partial charge in [0.15, 0.2) is 0 Å². The molecule has 1 heterocycles. The van der Waals surface area contributed by atoms with Gasteiger partial charge in [-0.15, -0.1) is 11.3 Å². The van der Waals surface area contributed by atoms with E-state index < -0.39 is 0 Å². The van der Waals surface area contributed by atoms with Crippen LogP contribution in [0.25, 0.3) is 32.0 Å². The lowest BCUT2D eigenvalue weighted by Crippen LogP contribution is -2.17. The Balaban J connectivity index is 1.82. The normalized spacial score (nSPS) is 12.5. The quantitative estimate of drug-likeness (QED) is 0.348. The van der Waals surface area contributed by atoms with Gasteiger partial charge in [0.2, 0.25) is 0 Å². The summed E-state index contributed by atoms with van der Waals surface area (Å²) in [5.41, 5.74) is 6.69. The first kappa shape index (κ1) is 20.7. The third-order valence-corrected chi connectivity index (χ3v) is 6.85. The summed E-state index contributed by atoms with van der Waals surface area (Å²) in [4.78, 5) is 2.48. The number of hydrogen-bond acceptors (Lipinski definition) is 2. The van der Waals surface area contributed by atoms with E-state index >= 15 is 0 Å². The highest BCUT2D eigenvalue weighted by molar-refractivity contribution is 7.18. The van der Waals surface area contributed by atoms with Crippen LogP contribution < -0.4 is 0 Å². The fraction of sp³-hybridized carbons (Fsp3) is 0.286. The number of fused-ring (bicyclic) bond motifs is 1. The molecule has 0 atom stereocenters. The van der Waals surface area contributed by atoms with Gasteiger partial charge >= 0.3 is 0 Å². The maximum Gasteiger partial charge on any atom is 0.123 e. The molecule has 2 aliphatic rings. The smallest absolute Gasteiger partial charge is 0.123 e. The lowest BCUT2D eigenvalue weighted by molar-refractivity contribution is 0.423. The van der Waals surface area contributed by atoms with Crippen LogP contribution in [0.3, 0.4) is 0 Å². The van der Waals surface area contributed by atoms with Crippen molar-refractivity contribution in [2.75, 3.05) is 0 Å². The van der Waals surface area contributed by atoms with Crippen molar-refractivity contribution in [1.29, 1.82) is 0 Å². The van der Waals surface area contributed by atoms with Crippen molar-refractivity contribution in [1.82, 2.24) is 0 Å². The second kappa shape index (κ2) is 7.28. The summed E-state index contributed by atoms with van der Waals surface area (Å²) in [5, 5.41) is 11.0. The summed E-state index contributed by atoms with van der Waals surface area (Å²) in [7, 11) is 0. The van der Waals surface area contributed by atoms with Crippen molar-refractivity contribution < 1.29 is 5.11 Å². The lowest BCUT2D eigenvalue weighted by atomic mass is 9.78. The van der Waals surface area contributed by atoms with Gasteiger partial charge in [-0.2, -0.15) is 0 Å². The Labute approximate surface area is 184 Å². The molecule has 0 radical (unpaired) electrons. The zero-order chi connectivity index (χ0) is 21.7. The fourth-order valence-electron chi connectivity index (χ4n) is 3.90. The van der Waals surface area contributed by atoms with Crippen molar-refractivity contribution in [3.63, 3.8) is 0 Å². The minimum Gasteiger partial charge on any atom is -0.507 e. The van der Waals surface area contributed by atoms with Crippen LogP contribution in [0.15, 0.2) is 66.7 Å². The summed E-state index contributed by atoms with van der Waals surface area (Å²) < 4.78 is 0. The van der Waals surface area contributed by atoms with Crippen LogP contribution in [0, 0.1) is 0 Å². The van der Waals surface area contributed by atoms with Crippen molar-refractivity contribution in [3.05, 3.63) is 77.9 Å². The molecule has 0 spiro atoms. The molecule has 2 aliphatic carbocycles. The summed E-state index contributed by atoms with van der Waals surface area (Å²) in [5.74, 6) is 0.435. The molecule has 0 saturated heterocycles. The van der Waals surface area contributed by atoms with Crippen molar-refractivity contribution in [2.45, 2.75) is 52.4 Å². The first-order chi connectivity index (χ1) is 14.0. The maximum atomic E-state index is 11.0. The molecule has 0 bridgehead atoms. The standard InChI is InChI=1S/C28H30OS/c1-27(2,3)22-16-21(17-23(26(22)29)28(4,5)6)25-15-14-24(30-25)20-12-10-18-8-7-9-19(18)11-13-20/h7-17,29H,1-6H3. The maximum absolute atomic E-state index is 11.0. The summed E-state index contributed by atoms with van der Waals surface area (Å²) in [6.45, 7) is 13.0. The molecule has 0 unspecified atom stereocenters. The van der Waals surface area contributed by atoms with Crippen LogP contribution in [0.5, 0.6) is 5.75 Å². The van der Waals surface area contributed by atoms with Crippen LogP contribution in [0.2, 0.25) is 0 Å². The predicted molar refractivity (Wildman–Crippen MR) is 131 cm³/mol. The molecular formula is C28H30OS. The topological polar surface area (TPSA) is 20.2 Å². The molecule has 2 heteroatoms. The number of phenols is 1. The Hall–Kier alpha value is -2.58. The molecule has 2 aromatic rings. The van der Waals surface area contributed by atoms with E-state index in [9.17, 15) is 5.11 Å². The number of rotatable bonds is 2. The number of thiophene rings is 1.